The number of hydrogen-bond donors (Lipinski definition) is 1. The van der Waals surface area contributed by atoms with Crippen LogP contribution in [0.15, 0.2) is 48.5 Å². The van der Waals surface area contributed by atoms with Gasteiger partial charge in [0.25, 0.3) is 5.91 Å². The van der Waals surface area contributed by atoms with Gasteiger partial charge >= 0.3 is 0 Å². The van der Waals surface area contributed by atoms with Crippen molar-refractivity contribution in [2.75, 3.05) is 45.7 Å². The van der Waals surface area contributed by atoms with Crippen LogP contribution >= 0.6 is 0 Å². The lowest BCUT2D eigenvalue weighted by Crippen LogP contribution is -2.47. The fraction of sp³-hybridized carbons (Fsp3) is 0.350. The Kier molecular flexibility index (Phi) is 6.33. The summed E-state index contributed by atoms with van der Waals surface area (Å²) in [5, 5.41) is 2.81. The number of carbonyl (C=O) groups is 1. The molecule has 0 aliphatic carbocycles. The van der Waals surface area contributed by atoms with Crippen LogP contribution in [0, 0.1) is 0 Å². The molecule has 0 spiro atoms. The van der Waals surface area contributed by atoms with Crippen LogP contribution in [0.5, 0.6) is 5.75 Å². The van der Waals surface area contributed by atoms with Crippen molar-refractivity contribution in [2.24, 2.45) is 0 Å². The van der Waals surface area contributed by atoms with Gasteiger partial charge in [-0.1, -0.05) is 18.2 Å². The number of methoxy groups -OCH3 is 1. The van der Waals surface area contributed by atoms with Crippen LogP contribution in [0.2, 0.25) is 0 Å². The second-order valence-electron chi connectivity index (χ2n) is 6.84. The summed E-state index contributed by atoms with van der Waals surface area (Å²) in [5.74, 6) is 0.332. The van der Waals surface area contributed by atoms with E-state index in [2.05, 4.69) is 10.2 Å². The molecule has 0 bridgehead atoms. The molecule has 1 fully saturated rings. The average Bonchev–Trinajstić information content (AvgIpc) is 2.68. The van der Waals surface area contributed by atoms with Gasteiger partial charge in [0.05, 0.1) is 12.9 Å². The minimum absolute atomic E-state index is 0.0610. The van der Waals surface area contributed by atoms with Crippen LogP contribution in [0.25, 0.3) is 0 Å². The number of carbonyl (C=O) groups excluding carboxylic acids is 1. The van der Waals surface area contributed by atoms with Crippen molar-refractivity contribution in [1.82, 2.24) is 9.21 Å². The summed E-state index contributed by atoms with van der Waals surface area (Å²) in [6.07, 6.45) is 0. The number of benzene rings is 2. The zero-order valence-electron chi connectivity index (χ0n) is 16.1. The molecule has 150 valence electrons. The maximum atomic E-state index is 12.6. The van der Waals surface area contributed by atoms with Gasteiger partial charge < -0.3 is 15.0 Å². The lowest BCUT2D eigenvalue weighted by molar-refractivity contribution is 0.102. The molecule has 0 radical (unpaired) electrons. The highest BCUT2D eigenvalue weighted by Gasteiger charge is 2.25. The summed E-state index contributed by atoms with van der Waals surface area (Å²) in [6, 6.07) is 13.8. The number of likely N-dealkylation sites (N-methyl/N-ethyl adjacent to an activating group) is 1. The molecular weight excluding hydrogens is 378 g/mol. The number of hydrogen-bond acceptors (Lipinski definition) is 5. The second kappa shape index (κ2) is 8.72. The molecule has 1 aliphatic rings. The van der Waals surface area contributed by atoms with E-state index in [9.17, 15) is 13.2 Å². The maximum absolute atomic E-state index is 12.6. The van der Waals surface area contributed by atoms with E-state index < -0.39 is 10.0 Å². The van der Waals surface area contributed by atoms with Crippen LogP contribution in [0.3, 0.4) is 0 Å². The average molecular weight is 404 g/mol. The van der Waals surface area contributed by atoms with Crippen LogP contribution in [-0.2, 0) is 15.8 Å². The number of nitrogens with one attached hydrogen (secondary N) is 1. The summed E-state index contributed by atoms with van der Waals surface area (Å²) >= 11 is 0. The van der Waals surface area contributed by atoms with Gasteiger partial charge in [0.2, 0.25) is 10.0 Å². The van der Waals surface area contributed by atoms with E-state index in [1.54, 1.807) is 55.6 Å². The summed E-state index contributed by atoms with van der Waals surface area (Å²) in [7, 11) is 0.194. The van der Waals surface area contributed by atoms with E-state index in [0.29, 0.717) is 35.7 Å². The van der Waals surface area contributed by atoms with Crippen LogP contribution < -0.4 is 10.1 Å². The third-order valence-corrected chi connectivity index (χ3v) is 6.60. The van der Waals surface area contributed by atoms with E-state index in [-0.39, 0.29) is 11.7 Å². The first-order valence-corrected chi connectivity index (χ1v) is 10.7. The van der Waals surface area contributed by atoms with E-state index >= 15 is 0 Å². The van der Waals surface area contributed by atoms with Crippen LogP contribution in [-0.4, -0.2) is 63.9 Å². The van der Waals surface area contributed by atoms with Gasteiger partial charge in [-0.2, -0.15) is 4.31 Å². The first-order chi connectivity index (χ1) is 13.4. The molecule has 1 amide bonds. The zero-order chi connectivity index (χ0) is 20.1. The Hall–Kier alpha value is -2.42. The Morgan fingerprint density at radius 3 is 2.39 bits per heavy atom. The zero-order valence-corrected chi connectivity index (χ0v) is 16.9. The van der Waals surface area contributed by atoms with Crippen LogP contribution in [0.1, 0.15) is 15.9 Å². The number of nitrogens with zero attached hydrogens (tertiary/aromatic N) is 2. The molecule has 1 aliphatic heterocycles. The fourth-order valence-electron chi connectivity index (χ4n) is 3.02. The van der Waals surface area contributed by atoms with Gasteiger partial charge in [0.15, 0.2) is 0 Å². The van der Waals surface area contributed by atoms with Gasteiger partial charge in [-0.05, 0) is 36.9 Å². The van der Waals surface area contributed by atoms with Gasteiger partial charge in [-0.25, -0.2) is 8.42 Å². The van der Waals surface area contributed by atoms with Crippen molar-refractivity contribution in [2.45, 2.75) is 5.75 Å². The van der Waals surface area contributed by atoms with Crippen molar-refractivity contribution in [3.63, 3.8) is 0 Å². The number of sulfonamides is 1. The van der Waals surface area contributed by atoms with Gasteiger partial charge in [-0.3, -0.25) is 4.79 Å². The normalized spacial score (nSPS) is 15.9. The molecule has 0 atom stereocenters. The van der Waals surface area contributed by atoms with Crippen LogP contribution in [0.4, 0.5) is 5.69 Å². The molecule has 0 aromatic heterocycles. The van der Waals surface area contributed by atoms with Crippen molar-refractivity contribution in [3.8, 4) is 5.75 Å². The maximum Gasteiger partial charge on any atom is 0.255 e. The number of rotatable bonds is 6. The molecule has 1 N–H and O–H groups in total. The lowest BCUT2D eigenvalue weighted by Gasteiger charge is -2.31. The topological polar surface area (TPSA) is 78.9 Å². The predicted molar refractivity (Wildman–Crippen MR) is 109 cm³/mol. The third kappa shape index (κ3) is 5.09. The van der Waals surface area contributed by atoms with Crippen molar-refractivity contribution < 1.29 is 17.9 Å². The number of piperazine rings is 1. The van der Waals surface area contributed by atoms with E-state index in [4.69, 9.17) is 4.74 Å². The highest BCUT2D eigenvalue weighted by molar-refractivity contribution is 7.88. The molecule has 8 heteroatoms. The molecule has 2 aromatic carbocycles. The van der Waals surface area contributed by atoms with Gasteiger partial charge in [0.1, 0.15) is 5.75 Å². The lowest BCUT2D eigenvalue weighted by atomic mass is 10.1. The molecule has 2 aromatic rings. The molecule has 3 rings (SSSR count). The number of ether oxygens (including phenoxy) is 1. The Bertz CT molecular complexity index is 921. The van der Waals surface area contributed by atoms with Gasteiger partial charge in [0, 0.05) is 43.5 Å². The minimum atomic E-state index is -3.36. The second-order valence-corrected chi connectivity index (χ2v) is 8.81. The first-order valence-electron chi connectivity index (χ1n) is 9.08. The molecular formula is C20H25N3O4S. The molecule has 1 saturated heterocycles. The third-order valence-electron chi connectivity index (χ3n) is 4.75. The SMILES string of the molecule is COc1cccc(NC(=O)c2ccc(CS(=O)(=O)N3CCN(C)CC3)cc2)c1. The first kappa shape index (κ1) is 20.3. The Morgan fingerprint density at radius 1 is 1.07 bits per heavy atom. The van der Waals surface area contributed by atoms with Crippen molar-refractivity contribution >= 4 is 21.6 Å². The molecule has 1 heterocycles. The molecule has 7 nitrogen and oxygen atoms in total. The van der Waals surface area contributed by atoms with E-state index in [1.807, 2.05) is 7.05 Å². The van der Waals surface area contributed by atoms with E-state index in [1.165, 1.54) is 4.31 Å². The smallest absolute Gasteiger partial charge is 0.255 e. The number of anilines is 1. The highest BCUT2D eigenvalue weighted by Crippen LogP contribution is 2.18. The van der Waals surface area contributed by atoms with Gasteiger partial charge in [-0.15, -0.1) is 0 Å². The van der Waals surface area contributed by atoms with E-state index in [0.717, 1.165) is 13.1 Å². The summed E-state index contributed by atoms with van der Waals surface area (Å²) in [6.45, 7) is 2.50. The molecule has 0 unspecified atom stereocenters. The number of amides is 1. The minimum Gasteiger partial charge on any atom is -0.497 e. The molecule has 0 saturated carbocycles. The highest BCUT2D eigenvalue weighted by atomic mass is 32.2. The Labute approximate surface area is 166 Å². The standard InChI is InChI=1S/C20H25N3O4S/c1-22-10-12-23(13-11-22)28(25,26)15-16-6-8-17(9-7-16)20(24)21-18-4-3-5-19(14-18)27-2/h3-9,14H,10-13,15H2,1-2H3,(H,21,24). The fourth-order valence-corrected chi connectivity index (χ4v) is 4.54. The predicted octanol–water partition coefficient (Wildman–Crippen LogP) is 2.02. The Morgan fingerprint density at radius 2 is 1.75 bits per heavy atom. The summed E-state index contributed by atoms with van der Waals surface area (Å²) < 4.78 is 31.9. The monoisotopic (exact) mass is 403 g/mol. The molecule has 28 heavy (non-hydrogen) atoms. The quantitative estimate of drug-likeness (QED) is 0.798. The van der Waals surface area contributed by atoms with Crippen molar-refractivity contribution in [1.29, 1.82) is 0 Å². The Balaban J connectivity index is 1.63. The largest absolute Gasteiger partial charge is 0.497 e. The summed E-state index contributed by atoms with van der Waals surface area (Å²) in [4.78, 5) is 14.5. The summed E-state index contributed by atoms with van der Waals surface area (Å²) in [5.41, 5.74) is 1.76. The van der Waals surface area contributed by atoms with Crippen molar-refractivity contribution in [3.05, 3.63) is 59.7 Å².